The van der Waals surface area contributed by atoms with Crippen LogP contribution in [0.3, 0.4) is 0 Å². The van der Waals surface area contributed by atoms with Crippen LogP contribution in [0, 0.1) is 17.2 Å². The molecule has 1 N–H and O–H groups in total. The average Bonchev–Trinajstić information content (AvgIpc) is 2.39. The molecule has 0 radical (unpaired) electrons. The van der Waals surface area contributed by atoms with Gasteiger partial charge in [-0.05, 0) is 37.7 Å². The van der Waals surface area contributed by atoms with Gasteiger partial charge in [-0.3, -0.25) is 0 Å². The third kappa shape index (κ3) is 4.26. The maximum absolute atomic E-state index is 8.67. The summed E-state index contributed by atoms with van der Waals surface area (Å²) in [6.07, 6.45) is 0.950. The highest BCUT2D eigenvalue weighted by atomic mass is 35.5. The highest BCUT2D eigenvalue weighted by Gasteiger charge is 2.16. The second-order valence-electron chi connectivity index (χ2n) is 3.81. The summed E-state index contributed by atoms with van der Waals surface area (Å²) >= 11 is 6.11. The van der Waals surface area contributed by atoms with Crippen molar-refractivity contribution in [1.29, 1.82) is 5.26 Å². The second-order valence-corrected chi connectivity index (χ2v) is 4.28. The van der Waals surface area contributed by atoms with E-state index in [9.17, 15) is 0 Å². The van der Waals surface area contributed by atoms with Gasteiger partial charge < -0.3 is 10.1 Å². The minimum absolute atomic E-state index is 0.0848. The zero-order chi connectivity index (χ0) is 12.7. The van der Waals surface area contributed by atoms with Crippen molar-refractivity contribution in [3.8, 4) is 11.8 Å². The summed E-state index contributed by atoms with van der Waals surface area (Å²) in [6.45, 7) is 2.65. The van der Waals surface area contributed by atoms with Crippen LogP contribution in [-0.4, -0.2) is 19.2 Å². The topological polar surface area (TPSA) is 45.0 Å². The summed E-state index contributed by atoms with van der Waals surface area (Å²) in [5, 5.41) is 11.7. The minimum atomic E-state index is -0.0848. The van der Waals surface area contributed by atoms with Crippen LogP contribution in [-0.2, 0) is 0 Å². The lowest BCUT2D eigenvalue weighted by Crippen LogP contribution is -2.31. The molecule has 3 nitrogen and oxygen atoms in total. The molecule has 0 aromatic heterocycles. The van der Waals surface area contributed by atoms with E-state index >= 15 is 0 Å². The molecule has 0 amide bonds. The molecule has 17 heavy (non-hydrogen) atoms. The van der Waals surface area contributed by atoms with Gasteiger partial charge in [-0.2, -0.15) is 5.26 Å². The predicted octanol–water partition coefficient (Wildman–Crippen LogP) is 2.75. The first kappa shape index (κ1) is 13.8. The minimum Gasteiger partial charge on any atom is -0.493 e. The van der Waals surface area contributed by atoms with E-state index in [4.69, 9.17) is 21.6 Å². The molecule has 92 valence electrons. The van der Waals surface area contributed by atoms with Crippen LogP contribution in [0.2, 0.25) is 0 Å². The maximum Gasteiger partial charge on any atom is 0.119 e. The van der Waals surface area contributed by atoms with Crippen molar-refractivity contribution in [2.24, 2.45) is 5.92 Å². The van der Waals surface area contributed by atoms with Gasteiger partial charge in [0.15, 0.2) is 0 Å². The lowest BCUT2D eigenvalue weighted by Gasteiger charge is -2.20. The Hall–Kier alpha value is -1.24. The summed E-state index contributed by atoms with van der Waals surface area (Å²) in [4.78, 5) is 0. The van der Waals surface area contributed by atoms with Gasteiger partial charge in [-0.1, -0.05) is 6.92 Å². The van der Waals surface area contributed by atoms with Crippen molar-refractivity contribution in [3.63, 3.8) is 0 Å². The Kier molecular flexibility index (Phi) is 5.82. The van der Waals surface area contributed by atoms with E-state index < -0.39 is 0 Å². The molecule has 0 fully saturated rings. The number of alkyl halides is 1. The van der Waals surface area contributed by atoms with Gasteiger partial charge >= 0.3 is 0 Å². The summed E-state index contributed by atoms with van der Waals surface area (Å²) in [6, 6.07) is 9.16. The molecule has 0 aliphatic carbocycles. The van der Waals surface area contributed by atoms with Crippen LogP contribution >= 0.6 is 11.6 Å². The smallest absolute Gasteiger partial charge is 0.119 e. The first-order valence-electron chi connectivity index (χ1n) is 5.65. The molecular weight excluding hydrogens is 236 g/mol. The van der Waals surface area contributed by atoms with Crippen molar-refractivity contribution >= 4 is 11.6 Å². The molecule has 0 heterocycles. The molecule has 2 atom stereocenters. The zero-order valence-corrected chi connectivity index (χ0v) is 10.9. The third-order valence-corrected chi connectivity index (χ3v) is 3.24. The standard InChI is InChI=1S/C13H17ClN2O/c1-3-11(13(14)16-2)9-17-12-6-4-10(8-15)5-7-12/h4-7,11,13,16H,3,9H2,1-2H3. The number of nitriles is 1. The van der Waals surface area contributed by atoms with Crippen LogP contribution in [0.15, 0.2) is 24.3 Å². The van der Waals surface area contributed by atoms with E-state index in [0.29, 0.717) is 12.2 Å². The number of ether oxygens (including phenoxy) is 1. The highest BCUT2D eigenvalue weighted by molar-refractivity contribution is 6.20. The lowest BCUT2D eigenvalue weighted by atomic mass is 10.1. The predicted molar refractivity (Wildman–Crippen MR) is 69.1 cm³/mol. The van der Waals surface area contributed by atoms with E-state index in [-0.39, 0.29) is 11.4 Å². The number of nitrogens with zero attached hydrogens (tertiary/aromatic N) is 1. The summed E-state index contributed by atoms with van der Waals surface area (Å²) in [5.74, 6) is 1.03. The van der Waals surface area contributed by atoms with E-state index in [2.05, 4.69) is 18.3 Å². The maximum atomic E-state index is 8.67. The first-order chi connectivity index (χ1) is 8.21. The normalized spacial score (nSPS) is 13.8. The summed E-state index contributed by atoms with van der Waals surface area (Å²) < 4.78 is 5.65. The van der Waals surface area contributed by atoms with E-state index in [0.717, 1.165) is 12.2 Å². The molecule has 0 bridgehead atoms. The molecule has 0 saturated heterocycles. The Bertz CT molecular complexity index is 372. The van der Waals surface area contributed by atoms with Gasteiger partial charge in [0.05, 0.1) is 23.7 Å². The molecular formula is C13H17ClN2O. The zero-order valence-electron chi connectivity index (χ0n) is 10.1. The SMILES string of the molecule is CCC(COc1ccc(C#N)cc1)C(Cl)NC. The van der Waals surface area contributed by atoms with E-state index in [1.165, 1.54) is 0 Å². The molecule has 0 aliphatic rings. The molecule has 4 heteroatoms. The van der Waals surface area contributed by atoms with Crippen molar-refractivity contribution in [3.05, 3.63) is 29.8 Å². The van der Waals surface area contributed by atoms with Crippen LogP contribution in [0.1, 0.15) is 18.9 Å². The Labute approximate surface area is 107 Å². The fourth-order valence-corrected chi connectivity index (χ4v) is 1.72. The molecule has 1 rings (SSSR count). The van der Waals surface area contributed by atoms with Crippen molar-refractivity contribution in [2.75, 3.05) is 13.7 Å². The van der Waals surface area contributed by atoms with Crippen LogP contribution < -0.4 is 10.1 Å². The van der Waals surface area contributed by atoms with Gasteiger partial charge in [0.25, 0.3) is 0 Å². The van der Waals surface area contributed by atoms with Crippen molar-refractivity contribution < 1.29 is 4.74 Å². The van der Waals surface area contributed by atoms with E-state index in [1.807, 2.05) is 7.05 Å². The Morgan fingerprint density at radius 2 is 2.06 bits per heavy atom. The van der Waals surface area contributed by atoms with E-state index in [1.54, 1.807) is 24.3 Å². The first-order valence-corrected chi connectivity index (χ1v) is 6.09. The number of hydrogen-bond acceptors (Lipinski definition) is 3. The number of benzene rings is 1. The van der Waals surface area contributed by atoms with Crippen molar-refractivity contribution in [1.82, 2.24) is 5.32 Å². The van der Waals surface area contributed by atoms with Gasteiger partial charge in [0.2, 0.25) is 0 Å². The van der Waals surface area contributed by atoms with Gasteiger partial charge in [0.1, 0.15) is 5.75 Å². The van der Waals surface area contributed by atoms with Gasteiger partial charge in [-0.25, -0.2) is 0 Å². The average molecular weight is 253 g/mol. The third-order valence-electron chi connectivity index (χ3n) is 2.66. The van der Waals surface area contributed by atoms with Crippen LogP contribution in [0.5, 0.6) is 5.75 Å². The Morgan fingerprint density at radius 3 is 2.53 bits per heavy atom. The molecule has 1 aromatic carbocycles. The Morgan fingerprint density at radius 1 is 1.41 bits per heavy atom. The van der Waals surface area contributed by atoms with Crippen molar-refractivity contribution in [2.45, 2.75) is 18.8 Å². The van der Waals surface area contributed by atoms with Crippen LogP contribution in [0.4, 0.5) is 0 Å². The Balaban J connectivity index is 2.51. The monoisotopic (exact) mass is 252 g/mol. The van der Waals surface area contributed by atoms with Gasteiger partial charge in [0, 0.05) is 5.92 Å². The van der Waals surface area contributed by atoms with Gasteiger partial charge in [-0.15, -0.1) is 11.6 Å². The molecule has 0 saturated carbocycles. The number of nitrogens with one attached hydrogen (secondary N) is 1. The highest BCUT2D eigenvalue weighted by Crippen LogP contribution is 2.17. The lowest BCUT2D eigenvalue weighted by molar-refractivity contribution is 0.232. The number of hydrogen-bond donors (Lipinski definition) is 1. The fourth-order valence-electron chi connectivity index (χ4n) is 1.47. The summed E-state index contributed by atoms with van der Waals surface area (Å²) in [7, 11) is 1.84. The quantitative estimate of drug-likeness (QED) is 0.626. The summed E-state index contributed by atoms with van der Waals surface area (Å²) in [5.41, 5.74) is 0.549. The largest absolute Gasteiger partial charge is 0.493 e. The molecule has 0 aliphatic heterocycles. The fraction of sp³-hybridized carbons (Fsp3) is 0.462. The van der Waals surface area contributed by atoms with Crippen LogP contribution in [0.25, 0.3) is 0 Å². The molecule has 2 unspecified atom stereocenters. The number of halogens is 1. The number of rotatable bonds is 6. The molecule has 0 spiro atoms. The molecule has 1 aromatic rings. The second kappa shape index (κ2) is 7.16.